The summed E-state index contributed by atoms with van der Waals surface area (Å²) < 4.78 is 39.5. The van der Waals surface area contributed by atoms with Gasteiger partial charge in [0.2, 0.25) is 17.9 Å². The second-order valence-electron chi connectivity index (χ2n) is 9.76. The number of hydrogen-bond donors (Lipinski definition) is 6. The highest BCUT2D eigenvalue weighted by Crippen LogP contribution is 2.46. The largest absolute Gasteiger partial charge is 0.469 e. The lowest BCUT2D eigenvalue weighted by Crippen LogP contribution is -2.35. The molecule has 2 aliphatic heterocycles. The van der Waals surface area contributed by atoms with Crippen LogP contribution in [0.4, 0.5) is 11.9 Å². The van der Waals surface area contributed by atoms with E-state index in [-0.39, 0.29) is 41.5 Å². The number of aliphatic imine (C=N–C) groups is 2. The molecule has 3 aliphatic rings. The van der Waals surface area contributed by atoms with Crippen LogP contribution in [0.5, 0.6) is 0 Å². The summed E-state index contributed by atoms with van der Waals surface area (Å²) in [6.07, 6.45) is 1.05. The Morgan fingerprint density at radius 2 is 1.98 bits per heavy atom. The van der Waals surface area contributed by atoms with Gasteiger partial charge in [0.15, 0.2) is 11.2 Å². The van der Waals surface area contributed by atoms with Crippen molar-refractivity contribution in [2.45, 2.75) is 37.8 Å². The molecule has 0 spiro atoms. The number of guanidine groups is 1. The number of aryl methyl sites for hydroxylation is 1. The quantitative estimate of drug-likeness (QED) is 0.178. The van der Waals surface area contributed by atoms with Gasteiger partial charge in [-0.05, 0) is 13.0 Å². The molecule has 43 heavy (non-hydrogen) atoms. The molecule has 3 aromatic heterocycles. The summed E-state index contributed by atoms with van der Waals surface area (Å²) in [7, 11) is -8.34. The number of phosphoric ester groups is 2. The van der Waals surface area contributed by atoms with Crippen LogP contribution in [0.15, 0.2) is 27.1 Å². The normalized spacial score (nSPS) is 24.6. The van der Waals surface area contributed by atoms with Gasteiger partial charge in [0.25, 0.3) is 5.56 Å². The molecule has 22 heteroatoms. The topological polar surface area (TPSA) is 286 Å². The van der Waals surface area contributed by atoms with Crippen molar-refractivity contribution in [1.82, 2.24) is 34.4 Å². The molecule has 228 valence electrons. The number of imidazole rings is 1. The summed E-state index contributed by atoms with van der Waals surface area (Å²) in [6.45, 7) is 1.01. The number of hydrogen-bond acceptors (Lipinski definition) is 12. The van der Waals surface area contributed by atoms with Crippen molar-refractivity contribution in [3.8, 4) is 0 Å². The number of fused-ring (bicyclic) bond motifs is 4. The second-order valence-corrected chi connectivity index (χ2v) is 12.2. The Hall–Kier alpha value is -3.71. The van der Waals surface area contributed by atoms with E-state index in [0.29, 0.717) is 22.8 Å². The highest BCUT2D eigenvalue weighted by atomic mass is 31.2. The Kier molecular flexibility index (Phi) is 7.15. The van der Waals surface area contributed by atoms with Gasteiger partial charge in [0.1, 0.15) is 24.1 Å². The number of ether oxygens (including phenoxy) is 1. The average molecular weight is 638 g/mol. The smallest absolute Gasteiger partial charge is 0.369 e. The lowest BCUT2D eigenvalue weighted by Gasteiger charge is -2.22. The van der Waals surface area contributed by atoms with Crippen LogP contribution in [0, 0.1) is 6.92 Å². The number of nitrogens with zero attached hydrogens (tertiary/aromatic N) is 8. The molecule has 1 aliphatic carbocycles. The predicted molar refractivity (Wildman–Crippen MR) is 147 cm³/mol. The first-order chi connectivity index (χ1) is 20.2. The number of phosphoric acid groups is 2. The fraction of sp³-hybridized carbons (Fsp3) is 0.381. The number of aromatic nitrogens is 6. The van der Waals surface area contributed by atoms with Crippen molar-refractivity contribution in [1.29, 1.82) is 0 Å². The Labute approximate surface area is 240 Å². The van der Waals surface area contributed by atoms with E-state index in [9.17, 15) is 23.7 Å². The van der Waals surface area contributed by atoms with Gasteiger partial charge in [0, 0.05) is 19.7 Å². The highest BCUT2D eigenvalue weighted by Gasteiger charge is 2.43. The predicted octanol–water partition coefficient (Wildman–Crippen LogP) is -0.507. The average Bonchev–Trinajstić information content (AvgIpc) is 3.55. The zero-order valence-corrected chi connectivity index (χ0v) is 24.0. The van der Waals surface area contributed by atoms with Crippen molar-refractivity contribution in [3.63, 3.8) is 0 Å². The molecule has 0 amide bonds. The number of anilines is 1. The van der Waals surface area contributed by atoms with Crippen LogP contribution in [-0.4, -0.2) is 97.5 Å². The van der Waals surface area contributed by atoms with E-state index in [2.05, 4.69) is 39.4 Å². The number of aromatic amines is 1. The van der Waals surface area contributed by atoms with E-state index >= 15 is 0 Å². The van der Waals surface area contributed by atoms with Gasteiger partial charge < -0.3 is 34.9 Å². The van der Waals surface area contributed by atoms with Crippen molar-refractivity contribution in [2.75, 3.05) is 19.4 Å². The Morgan fingerprint density at radius 1 is 1.21 bits per heavy atom. The minimum Gasteiger partial charge on any atom is -0.369 e. The van der Waals surface area contributed by atoms with E-state index in [4.69, 9.17) is 24.8 Å². The van der Waals surface area contributed by atoms with Gasteiger partial charge >= 0.3 is 15.6 Å². The number of rotatable bonds is 7. The molecule has 6 rings (SSSR count). The summed E-state index contributed by atoms with van der Waals surface area (Å²) in [4.78, 5) is 80.7. The fourth-order valence-corrected chi connectivity index (χ4v) is 5.86. The molecule has 1 fully saturated rings. The standard InChI is InChI=1S/C21H24N10O10P2/c1-8-6-23-9-3-4-10-15(14(9)24-8)25-20(30(10)2)29-21-26-16-17(27-19(22)28-18(16)32)31(21)13-5-11(41-43(36,37)38)12(40-13)7-39-42(33,34)35/h3-4,6,10-13H,5,7H2,1-2H3,(H2,33,34,35)(H2,36,37,38)(H3,22,27,28,32)/b29-20+. The molecule has 4 unspecified atom stereocenters. The zero-order chi connectivity index (χ0) is 30.8. The van der Waals surface area contributed by atoms with Gasteiger partial charge in [-0.2, -0.15) is 9.98 Å². The number of nitrogens with one attached hydrogen (secondary N) is 1. The molecule has 0 radical (unpaired) electrons. The van der Waals surface area contributed by atoms with Crippen LogP contribution >= 0.6 is 15.6 Å². The van der Waals surface area contributed by atoms with Crippen LogP contribution in [0.2, 0.25) is 0 Å². The summed E-state index contributed by atoms with van der Waals surface area (Å²) in [6, 6.07) is -0.338. The number of nitrogens with two attached hydrogens (primary N) is 1. The summed E-state index contributed by atoms with van der Waals surface area (Å²) in [5.74, 6) is -0.233. The Morgan fingerprint density at radius 3 is 2.70 bits per heavy atom. The molecule has 0 saturated carbocycles. The van der Waals surface area contributed by atoms with Crippen LogP contribution < -0.4 is 11.3 Å². The van der Waals surface area contributed by atoms with Gasteiger partial charge in [-0.3, -0.25) is 28.4 Å². The van der Waals surface area contributed by atoms with Crippen LogP contribution in [-0.2, 0) is 22.9 Å². The van der Waals surface area contributed by atoms with Crippen molar-refractivity contribution < 1.29 is 42.5 Å². The summed E-state index contributed by atoms with van der Waals surface area (Å²) in [5.41, 5.74) is 7.30. The molecule has 0 bridgehead atoms. The van der Waals surface area contributed by atoms with Gasteiger partial charge in [0.05, 0.1) is 29.7 Å². The van der Waals surface area contributed by atoms with E-state index in [1.165, 1.54) is 4.57 Å². The molecule has 3 aromatic rings. The molecule has 5 heterocycles. The van der Waals surface area contributed by atoms with E-state index in [0.717, 1.165) is 0 Å². The Bertz CT molecular complexity index is 1880. The van der Waals surface area contributed by atoms with Crippen LogP contribution in [0.25, 0.3) is 17.2 Å². The first-order valence-corrected chi connectivity index (χ1v) is 15.5. The second kappa shape index (κ2) is 10.5. The third-order valence-corrected chi connectivity index (χ3v) is 7.76. The van der Waals surface area contributed by atoms with Gasteiger partial charge in [-0.1, -0.05) is 6.08 Å². The van der Waals surface area contributed by atoms with E-state index < -0.39 is 46.2 Å². The van der Waals surface area contributed by atoms with Gasteiger partial charge in [-0.25, -0.2) is 24.1 Å². The van der Waals surface area contributed by atoms with E-state index in [1.54, 1.807) is 25.1 Å². The Balaban J connectivity index is 1.45. The van der Waals surface area contributed by atoms with E-state index in [1.807, 2.05) is 12.2 Å². The van der Waals surface area contributed by atoms with Crippen LogP contribution in [0.1, 0.15) is 29.7 Å². The highest BCUT2D eigenvalue weighted by molar-refractivity contribution is 7.46. The van der Waals surface area contributed by atoms with Gasteiger partial charge in [-0.15, -0.1) is 0 Å². The minimum atomic E-state index is -5.09. The monoisotopic (exact) mass is 638 g/mol. The third kappa shape index (κ3) is 5.79. The number of H-pyrrole nitrogens is 1. The minimum absolute atomic E-state index is 0.0884. The summed E-state index contributed by atoms with van der Waals surface area (Å²) in [5, 5.41) is 0. The summed E-state index contributed by atoms with van der Waals surface area (Å²) >= 11 is 0. The lowest BCUT2D eigenvalue weighted by atomic mass is 10.0. The third-order valence-electron chi connectivity index (χ3n) is 6.73. The molecule has 0 aromatic carbocycles. The lowest BCUT2D eigenvalue weighted by molar-refractivity contribution is -0.0412. The zero-order valence-electron chi connectivity index (χ0n) is 22.2. The van der Waals surface area contributed by atoms with Crippen molar-refractivity contribution in [2.24, 2.45) is 9.98 Å². The molecule has 7 N–H and O–H groups in total. The van der Waals surface area contributed by atoms with Crippen LogP contribution in [0.3, 0.4) is 0 Å². The van der Waals surface area contributed by atoms with Crippen molar-refractivity contribution >= 4 is 56.5 Å². The maximum absolute atomic E-state index is 12.7. The number of nitrogen functional groups attached to an aromatic ring is 1. The first kappa shape index (κ1) is 29.4. The molecular formula is C21H24N10O10P2. The maximum atomic E-state index is 12.7. The SMILES string of the molecule is Cc1cnc2c(n1)C1=N/C(=N\c3nc4c(=O)[nH]c(N)nc4n3C3CC(OP(=O)(O)O)C(COP(=O)(O)O)O3)N(C)C1C=C2. The molecule has 4 atom stereocenters. The maximum Gasteiger partial charge on any atom is 0.469 e. The first-order valence-electron chi connectivity index (χ1n) is 12.5. The fourth-order valence-electron chi connectivity index (χ4n) is 4.95. The molecule has 20 nitrogen and oxygen atoms in total. The molecule has 1 saturated heterocycles. The number of likely N-dealkylation sites (N-methyl/N-ethyl adjacent to an activating group) is 1. The van der Waals surface area contributed by atoms with Crippen molar-refractivity contribution in [3.05, 3.63) is 39.7 Å². The molecular weight excluding hydrogens is 614 g/mol.